The average Bonchev–Trinajstić information content (AvgIpc) is 2.33. The van der Waals surface area contributed by atoms with Crippen LogP contribution in [0.3, 0.4) is 0 Å². The quantitative estimate of drug-likeness (QED) is 0.886. The molecule has 1 aromatic rings. The lowest BCUT2D eigenvalue weighted by Crippen LogP contribution is -2.41. The van der Waals surface area contributed by atoms with Crippen LogP contribution in [-0.2, 0) is 4.79 Å². The molecule has 1 atom stereocenters. The third-order valence-electron chi connectivity index (χ3n) is 3.51. The molecule has 1 saturated heterocycles. The summed E-state index contributed by atoms with van der Waals surface area (Å²) >= 11 is 0. The fourth-order valence-electron chi connectivity index (χ4n) is 2.38. The molecule has 1 N–H and O–H groups in total. The fourth-order valence-corrected chi connectivity index (χ4v) is 2.38. The zero-order valence-corrected chi connectivity index (χ0v) is 10.9. The Labute approximate surface area is 107 Å². The Morgan fingerprint density at radius 2 is 2.22 bits per heavy atom. The van der Waals surface area contributed by atoms with Crippen molar-refractivity contribution >= 4 is 11.8 Å². The Morgan fingerprint density at radius 1 is 1.44 bits per heavy atom. The Bertz CT molecular complexity index is 448. The van der Waals surface area contributed by atoms with Crippen LogP contribution in [0.1, 0.15) is 37.1 Å². The van der Waals surface area contributed by atoms with Gasteiger partial charge in [-0.15, -0.1) is 0 Å². The number of rotatable bonds is 3. The van der Waals surface area contributed by atoms with Crippen LogP contribution in [0.4, 0.5) is 5.82 Å². The van der Waals surface area contributed by atoms with E-state index in [0.29, 0.717) is 0 Å². The van der Waals surface area contributed by atoms with Crippen molar-refractivity contribution in [1.82, 2.24) is 9.97 Å². The van der Waals surface area contributed by atoms with Gasteiger partial charge in [-0.25, -0.2) is 4.98 Å². The number of piperidine rings is 1. The molecular formula is C13H19N3O2. The molecule has 0 aromatic carbocycles. The molecule has 1 aliphatic rings. The minimum absolute atomic E-state index is 0.0488. The van der Waals surface area contributed by atoms with Crippen LogP contribution < -0.4 is 4.90 Å². The highest BCUT2D eigenvalue weighted by atomic mass is 16.4. The summed E-state index contributed by atoms with van der Waals surface area (Å²) in [7, 11) is 0. The van der Waals surface area contributed by atoms with Crippen LogP contribution in [0.5, 0.6) is 0 Å². The summed E-state index contributed by atoms with van der Waals surface area (Å²) in [4.78, 5) is 21.8. The smallest absolute Gasteiger partial charge is 0.305 e. The van der Waals surface area contributed by atoms with Gasteiger partial charge in [0, 0.05) is 12.6 Å². The third kappa shape index (κ3) is 2.78. The zero-order chi connectivity index (χ0) is 13.1. The highest BCUT2D eigenvalue weighted by Crippen LogP contribution is 2.25. The van der Waals surface area contributed by atoms with Gasteiger partial charge in [0.05, 0.1) is 24.0 Å². The van der Waals surface area contributed by atoms with Gasteiger partial charge in [0.25, 0.3) is 0 Å². The van der Waals surface area contributed by atoms with E-state index in [2.05, 4.69) is 14.9 Å². The first kappa shape index (κ1) is 12.8. The van der Waals surface area contributed by atoms with Crippen LogP contribution >= 0.6 is 0 Å². The summed E-state index contributed by atoms with van der Waals surface area (Å²) in [5.41, 5.74) is 1.83. The van der Waals surface area contributed by atoms with Crippen molar-refractivity contribution in [3.63, 3.8) is 0 Å². The summed E-state index contributed by atoms with van der Waals surface area (Å²) in [5.74, 6) is 0.0627. The number of aromatic nitrogens is 2. The van der Waals surface area contributed by atoms with Gasteiger partial charge in [-0.3, -0.25) is 9.78 Å². The predicted octanol–water partition coefficient (Wildman–Crippen LogP) is 1.93. The van der Waals surface area contributed by atoms with Gasteiger partial charge in [-0.05, 0) is 33.1 Å². The van der Waals surface area contributed by atoms with Gasteiger partial charge in [-0.2, -0.15) is 0 Å². The molecule has 0 radical (unpaired) electrons. The molecule has 0 spiro atoms. The Morgan fingerprint density at radius 3 is 2.89 bits per heavy atom. The monoisotopic (exact) mass is 249 g/mol. The topological polar surface area (TPSA) is 66.3 Å². The highest BCUT2D eigenvalue weighted by Gasteiger charge is 2.26. The van der Waals surface area contributed by atoms with E-state index in [0.717, 1.165) is 43.0 Å². The summed E-state index contributed by atoms with van der Waals surface area (Å²) in [6.07, 6.45) is 5.02. The van der Waals surface area contributed by atoms with E-state index >= 15 is 0 Å². The first-order chi connectivity index (χ1) is 8.58. The van der Waals surface area contributed by atoms with Crippen LogP contribution in [0.15, 0.2) is 6.20 Å². The van der Waals surface area contributed by atoms with Crippen LogP contribution in [0.25, 0.3) is 0 Å². The lowest BCUT2D eigenvalue weighted by molar-refractivity contribution is -0.137. The van der Waals surface area contributed by atoms with Crippen molar-refractivity contribution in [2.45, 2.75) is 45.6 Å². The standard InChI is InChI=1S/C13H19N3O2/c1-9-10(2)15-12(8-14-9)16-6-4-3-5-11(16)7-13(17)18/h8,11H,3-7H2,1-2H3,(H,17,18). The van der Waals surface area contributed by atoms with Crippen molar-refractivity contribution in [1.29, 1.82) is 0 Å². The maximum absolute atomic E-state index is 10.9. The van der Waals surface area contributed by atoms with Gasteiger partial charge in [-0.1, -0.05) is 0 Å². The normalized spacial score (nSPS) is 19.9. The molecule has 18 heavy (non-hydrogen) atoms. The molecule has 0 amide bonds. The number of carboxylic acid groups (broad SMARTS) is 1. The van der Waals surface area contributed by atoms with E-state index in [1.165, 1.54) is 0 Å². The molecule has 0 aliphatic carbocycles. The molecule has 1 fully saturated rings. The van der Waals surface area contributed by atoms with E-state index in [1.807, 2.05) is 13.8 Å². The lowest BCUT2D eigenvalue weighted by atomic mass is 9.99. The van der Waals surface area contributed by atoms with Gasteiger partial charge < -0.3 is 10.0 Å². The van der Waals surface area contributed by atoms with E-state index < -0.39 is 5.97 Å². The van der Waals surface area contributed by atoms with Gasteiger partial charge in [0.2, 0.25) is 0 Å². The molecule has 1 aromatic heterocycles. The largest absolute Gasteiger partial charge is 0.481 e. The Hall–Kier alpha value is -1.65. The molecule has 1 aliphatic heterocycles. The van der Waals surface area contributed by atoms with Crippen LogP contribution in [0.2, 0.25) is 0 Å². The second kappa shape index (κ2) is 5.33. The first-order valence-corrected chi connectivity index (χ1v) is 6.36. The molecule has 0 saturated carbocycles. The molecule has 1 unspecified atom stereocenters. The summed E-state index contributed by atoms with van der Waals surface area (Å²) < 4.78 is 0. The van der Waals surface area contributed by atoms with Crippen LogP contribution in [0, 0.1) is 13.8 Å². The minimum atomic E-state index is -0.747. The minimum Gasteiger partial charge on any atom is -0.481 e. The molecule has 5 nitrogen and oxygen atoms in total. The summed E-state index contributed by atoms with van der Waals surface area (Å²) in [6.45, 7) is 4.73. The average molecular weight is 249 g/mol. The number of carbonyl (C=O) groups is 1. The molecule has 2 heterocycles. The number of carboxylic acids is 1. The summed E-state index contributed by atoms with van der Waals surface area (Å²) in [6, 6.07) is 0.0488. The second-order valence-corrected chi connectivity index (χ2v) is 4.84. The van der Waals surface area contributed by atoms with E-state index in [4.69, 9.17) is 5.11 Å². The zero-order valence-electron chi connectivity index (χ0n) is 10.9. The van der Waals surface area contributed by atoms with Crippen molar-refractivity contribution in [3.05, 3.63) is 17.6 Å². The second-order valence-electron chi connectivity index (χ2n) is 4.84. The van der Waals surface area contributed by atoms with Crippen LogP contribution in [-0.4, -0.2) is 33.6 Å². The number of anilines is 1. The number of aliphatic carboxylic acids is 1. The molecular weight excluding hydrogens is 230 g/mol. The predicted molar refractivity (Wildman–Crippen MR) is 68.7 cm³/mol. The molecule has 2 rings (SSSR count). The fraction of sp³-hybridized carbons (Fsp3) is 0.615. The van der Waals surface area contributed by atoms with E-state index in [-0.39, 0.29) is 12.5 Å². The molecule has 5 heteroatoms. The van der Waals surface area contributed by atoms with E-state index in [9.17, 15) is 4.79 Å². The Kier molecular flexibility index (Phi) is 3.79. The number of hydrogen-bond donors (Lipinski definition) is 1. The third-order valence-corrected chi connectivity index (χ3v) is 3.51. The highest BCUT2D eigenvalue weighted by molar-refractivity contribution is 5.68. The number of hydrogen-bond acceptors (Lipinski definition) is 4. The first-order valence-electron chi connectivity index (χ1n) is 6.36. The lowest BCUT2D eigenvalue weighted by Gasteiger charge is -2.35. The Balaban J connectivity index is 2.22. The number of nitrogens with zero attached hydrogens (tertiary/aromatic N) is 3. The van der Waals surface area contributed by atoms with Gasteiger partial charge >= 0.3 is 5.97 Å². The van der Waals surface area contributed by atoms with E-state index in [1.54, 1.807) is 6.20 Å². The summed E-state index contributed by atoms with van der Waals surface area (Å²) in [5, 5.41) is 8.97. The molecule has 0 bridgehead atoms. The molecule has 98 valence electrons. The maximum Gasteiger partial charge on any atom is 0.305 e. The van der Waals surface area contributed by atoms with Crippen molar-refractivity contribution in [3.8, 4) is 0 Å². The van der Waals surface area contributed by atoms with Gasteiger partial charge in [0.15, 0.2) is 0 Å². The van der Waals surface area contributed by atoms with Gasteiger partial charge in [0.1, 0.15) is 5.82 Å². The SMILES string of the molecule is Cc1ncc(N2CCCCC2CC(=O)O)nc1C. The number of aryl methyl sites for hydroxylation is 2. The van der Waals surface area contributed by atoms with Crippen molar-refractivity contribution in [2.75, 3.05) is 11.4 Å². The maximum atomic E-state index is 10.9. The van der Waals surface area contributed by atoms with Crippen molar-refractivity contribution < 1.29 is 9.90 Å². The van der Waals surface area contributed by atoms with Crippen molar-refractivity contribution in [2.24, 2.45) is 0 Å².